The number of rotatable bonds is 29. The minimum atomic E-state index is -4.42. The SMILES string of the molecule is Cc1cc(C)c(S(=O)(=O)NC(=CNC(=O)c2cn(CCCNC(=O)CCC(=O)NCCCOCCCNC(=O)c3ccc(N=NCc4ccccc4S(=O)(=O)O)nc3)c3cc(CNc4ncc[nH]4)ccc3c2=O)C(=O)O)c(C)c1. The molecule has 79 heavy (non-hydrogen) atoms. The summed E-state index contributed by atoms with van der Waals surface area (Å²) in [4.78, 5) is 88.2. The molecule has 0 aliphatic carbocycles. The van der Waals surface area contributed by atoms with Crippen LogP contribution in [0, 0.1) is 20.8 Å². The van der Waals surface area contributed by atoms with Gasteiger partial charge in [-0.2, -0.15) is 13.5 Å². The van der Waals surface area contributed by atoms with Crippen molar-refractivity contribution in [3.05, 3.63) is 153 Å². The molecule has 3 aromatic carbocycles. The Bertz CT molecular complexity index is 3510. The van der Waals surface area contributed by atoms with Gasteiger partial charge >= 0.3 is 5.97 Å². The number of hydrogen-bond donors (Lipinski definition) is 9. The van der Waals surface area contributed by atoms with Crippen molar-refractivity contribution < 1.29 is 55.2 Å². The van der Waals surface area contributed by atoms with Gasteiger partial charge in [-0.05, 0) is 92.6 Å². The second-order valence-corrected chi connectivity index (χ2v) is 20.9. The van der Waals surface area contributed by atoms with Gasteiger partial charge in [0, 0.05) is 95.2 Å². The summed E-state index contributed by atoms with van der Waals surface area (Å²) in [6, 6.07) is 17.1. The fourth-order valence-electron chi connectivity index (χ4n) is 8.09. The number of imidazole rings is 1. The Morgan fingerprint density at radius 3 is 2.15 bits per heavy atom. The fourth-order valence-corrected chi connectivity index (χ4v) is 10.3. The Balaban J connectivity index is 0.914. The highest BCUT2D eigenvalue weighted by atomic mass is 32.2. The van der Waals surface area contributed by atoms with Crippen molar-refractivity contribution in [2.45, 2.75) is 82.3 Å². The van der Waals surface area contributed by atoms with Gasteiger partial charge in [0.2, 0.25) is 17.2 Å². The highest BCUT2D eigenvalue weighted by Crippen LogP contribution is 2.23. The van der Waals surface area contributed by atoms with Gasteiger partial charge in [-0.25, -0.2) is 23.2 Å². The highest BCUT2D eigenvalue weighted by Gasteiger charge is 2.25. The minimum absolute atomic E-state index is 0.0637. The number of aliphatic carboxylic acids is 1. The fraction of sp³-hybridized carbons (Fsp3) is 0.308. The summed E-state index contributed by atoms with van der Waals surface area (Å²) in [6.07, 6.45) is 7.75. The van der Waals surface area contributed by atoms with Gasteiger partial charge < -0.3 is 46.0 Å². The average molecular weight is 1130 g/mol. The molecule has 25 nitrogen and oxygen atoms in total. The van der Waals surface area contributed by atoms with Crippen molar-refractivity contribution in [1.82, 2.24) is 45.5 Å². The number of aromatic nitrogens is 4. The summed E-state index contributed by atoms with van der Waals surface area (Å²) in [5, 5.41) is 31.6. The molecule has 0 unspecified atom stereocenters. The lowest BCUT2D eigenvalue weighted by atomic mass is 10.1. The zero-order chi connectivity index (χ0) is 57.1. The van der Waals surface area contributed by atoms with Crippen molar-refractivity contribution in [1.29, 1.82) is 0 Å². The third kappa shape index (κ3) is 17.7. The Hall–Kier alpha value is -8.66. The van der Waals surface area contributed by atoms with Crippen LogP contribution in [-0.4, -0.2) is 108 Å². The number of carbonyl (C=O) groups excluding carboxylic acids is 4. The number of amides is 4. The van der Waals surface area contributed by atoms with Crippen LogP contribution in [0.2, 0.25) is 0 Å². The van der Waals surface area contributed by atoms with Crippen molar-refractivity contribution in [2.24, 2.45) is 10.2 Å². The highest BCUT2D eigenvalue weighted by molar-refractivity contribution is 7.89. The molecule has 3 aromatic heterocycles. The van der Waals surface area contributed by atoms with Crippen LogP contribution in [0.15, 0.2) is 128 Å². The molecular weight excluding hydrogens is 1060 g/mol. The molecule has 4 amide bonds. The molecule has 27 heteroatoms. The molecular formula is C52H60N12O13S2. The zero-order valence-electron chi connectivity index (χ0n) is 43.4. The van der Waals surface area contributed by atoms with E-state index in [-0.39, 0.29) is 87.9 Å². The van der Waals surface area contributed by atoms with E-state index in [1.165, 1.54) is 42.7 Å². The van der Waals surface area contributed by atoms with E-state index in [1.54, 1.807) is 74.1 Å². The van der Waals surface area contributed by atoms with E-state index in [0.29, 0.717) is 80.9 Å². The Morgan fingerprint density at radius 2 is 1.51 bits per heavy atom. The number of aryl methyl sites for hydroxylation is 4. The van der Waals surface area contributed by atoms with E-state index in [9.17, 15) is 55.3 Å². The molecule has 0 saturated carbocycles. The number of H-pyrrole nitrogens is 1. The first-order chi connectivity index (χ1) is 37.7. The molecule has 0 saturated heterocycles. The summed E-state index contributed by atoms with van der Waals surface area (Å²) >= 11 is 0. The summed E-state index contributed by atoms with van der Waals surface area (Å²) < 4.78 is 68.5. The van der Waals surface area contributed by atoms with Crippen LogP contribution < -0.4 is 36.7 Å². The molecule has 0 bridgehead atoms. The van der Waals surface area contributed by atoms with Gasteiger partial charge in [-0.3, -0.25) is 33.2 Å². The monoisotopic (exact) mass is 1120 g/mol. The molecule has 6 aromatic rings. The van der Waals surface area contributed by atoms with Gasteiger partial charge in [0.1, 0.15) is 5.56 Å². The number of azo groups is 1. The number of nitrogens with one attached hydrogen (secondary N) is 7. The first-order valence-corrected chi connectivity index (χ1v) is 27.6. The lowest BCUT2D eigenvalue weighted by molar-refractivity contribution is -0.133. The number of carbonyl (C=O) groups is 5. The number of pyridine rings is 2. The Kier molecular flexibility index (Phi) is 21.2. The molecule has 6 rings (SSSR count). The van der Waals surface area contributed by atoms with Gasteiger partial charge in [0.05, 0.1) is 27.4 Å². The van der Waals surface area contributed by atoms with Crippen LogP contribution in [0.5, 0.6) is 0 Å². The number of carboxylic acid groups (broad SMARTS) is 1. The zero-order valence-corrected chi connectivity index (χ0v) is 45.0. The van der Waals surface area contributed by atoms with Crippen LogP contribution in [0.3, 0.4) is 0 Å². The number of nitrogens with zero attached hydrogens (tertiary/aromatic N) is 5. The molecule has 0 radical (unpaired) electrons. The lowest BCUT2D eigenvalue weighted by Crippen LogP contribution is -2.32. The number of ether oxygens (including phenoxy) is 1. The number of carboxylic acids is 1. The lowest BCUT2D eigenvalue weighted by Gasteiger charge is -2.16. The largest absolute Gasteiger partial charge is 0.477 e. The quantitative estimate of drug-likeness (QED) is 0.0136. The molecule has 418 valence electrons. The van der Waals surface area contributed by atoms with Crippen LogP contribution in [0.1, 0.15) is 80.6 Å². The predicted molar refractivity (Wildman–Crippen MR) is 289 cm³/mol. The van der Waals surface area contributed by atoms with Crippen LogP contribution in [0.4, 0.5) is 11.8 Å². The van der Waals surface area contributed by atoms with E-state index in [4.69, 9.17) is 4.74 Å². The predicted octanol–water partition coefficient (Wildman–Crippen LogP) is 4.45. The summed E-state index contributed by atoms with van der Waals surface area (Å²) in [5.41, 5.74) is 1.45. The second-order valence-electron chi connectivity index (χ2n) is 17.9. The van der Waals surface area contributed by atoms with E-state index in [2.05, 4.69) is 51.8 Å². The number of anilines is 1. The van der Waals surface area contributed by atoms with E-state index in [1.807, 2.05) is 4.72 Å². The molecule has 0 aliphatic rings. The Morgan fingerprint density at radius 1 is 0.823 bits per heavy atom. The molecule has 0 aliphatic heterocycles. The standard InChI is InChI=1S/C52H60N12O13S2/c1-33-25-34(2)48(35(3)26-33)78(72,73)63-41(51(70)71)31-59-50(69)40-32-64(42-27-36(11-13-39(42)47(40)67)28-60-52-56-20-21-57-52)22-6-17-53-45(65)15-16-46(66)54-18-7-23-77-24-8-19-55-49(68)38-12-14-44(58-29-38)62-61-30-37-9-4-5-10-43(37)79(74,75)76/h4-5,9-14,20-21,25-27,29,31-32,63H,6-8,15-19,22-24,28,30H2,1-3H3,(H,53,65)(H,54,66)(H,55,68)(H,59,69)(H,70,71)(H2,56,57,60)(H,74,75,76). The maximum Gasteiger partial charge on any atom is 0.354 e. The molecule has 0 atom stereocenters. The van der Waals surface area contributed by atoms with Crippen molar-refractivity contribution in [2.75, 3.05) is 38.2 Å². The van der Waals surface area contributed by atoms with E-state index in [0.717, 1.165) is 11.1 Å². The van der Waals surface area contributed by atoms with Crippen molar-refractivity contribution in [3.63, 3.8) is 0 Å². The third-order valence-corrected chi connectivity index (χ3v) is 14.4. The first kappa shape index (κ1) is 59.6. The molecule has 3 heterocycles. The maximum absolute atomic E-state index is 13.8. The molecule has 0 spiro atoms. The number of benzene rings is 3. The van der Waals surface area contributed by atoms with Gasteiger partial charge in [0.25, 0.3) is 32.0 Å². The molecule has 9 N–H and O–H groups in total. The van der Waals surface area contributed by atoms with Crippen molar-refractivity contribution in [3.8, 4) is 0 Å². The van der Waals surface area contributed by atoms with Gasteiger partial charge in [0.15, 0.2) is 17.5 Å². The van der Waals surface area contributed by atoms with Crippen LogP contribution in [-0.2, 0) is 58.9 Å². The molecule has 0 fully saturated rings. The average Bonchev–Trinajstić information content (AvgIpc) is 4.02. The van der Waals surface area contributed by atoms with Crippen LogP contribution >= 0.6 is 0 Å². The van der Waals surface area contributed by atoms with E-state index >= 15 is 0 Å². The topological polar surface area (TPSA) is 364 Å². The summed E-state index contributed by atoms with van der Waals surface area (Å²) in [7, 11) is -8.84. The summed E-state index contributed by atoms with van der Waals surface area (Å²) in [5.74, 6) is -3.04. The maximum atomic E-state index is 13.8. The first-order valence-electron chi connectivity index (χ1n) is 24.7. The third-order valence-electron chi connectivity index (χ3n) is 11.7. The number of fused-ring (bicyclic) bond motifs is 1. The summed E-state index contributed by atoms with van der Waals surface area (Å²) in [6.45, 7) is 6.85. The second kappa shape index (κ2) is 28.1. The minimum Gasteiger partial charge on any atom is -0.477 e. The van der Waals surface area contributed by atoms with Gasteiger partial charge in [-0.15, -0.1) is 5.11 Å². The van der Waals surface area contributed by atoms with E-state index < -0.39 is 43.1 Å². The number of aromatic amines is 1. The Labute approximate surface area is 454 Å². The smallest absolute Gasteiger partial charge is 0.354 e. The van der Waals surface area contributed by atoms with Gasteiger partial charge in [-0.1, -0.05) is 42.0 Å². The number of hydrogen-bond acceptors (Lipinski definition) is 16. The number of sulfonamides is 1. The van der Waals surface area contributed by atoms with Crippen molar-refractivity contribution >= 4 is 72.4 Å². The van der Waals surface area contributed by atoms with Crippen LogP contribution in [0.25, 0.3) is 10.9 Å². The normalized spacial score (nSPS) is 11.8.